The highest BCUT2D eigenvalue weighted by Crippen LogP contribution is 2.16. The summed E-state index contributed by atoms with van der Waals surface area (Å²) in [6.45, 7) is 6.40. The molecule has 0 amide bonds. The number of hydrogen-bond acceptors (Lipinski definition) is 4. The van der Waals surface area contributed by atoms with E-state index in [1.165, 1.54) is 0 Å². The summed E-state index contributed by atoms with van der Waals surface area (Å²) in [6.07, 6.45) is 0.849. The number of sulfonamides is 1. The van der Waals surface area contributed by atoms with Crippen LogP contribution in [-0.4, -0.2) is 40.0 Å². The van der Waals surface area contributed by atoms with Crippen LogP contribution in [-0.2, 0) is 23.0 Å². The average molecular weight is 299 g/mol. The second kappa shape index (κ2) is 7.73. The van der Waals surface area contributed by atoms with E-state index in [4.69, 9.17) is 5.73 Å². The molecule has 0 spiro atoms. The topological polar surface area (TPSA) is 75.4 Å². The fourth-order valence-corrected chi connectivity index (χ4v) is 2.99. The molecule has 0 fully saturated rings. The van der Waals surface area contributed by atoms with Crippen LogP contribution < -0.4 is 10.5 Å². The van der Waals surface area contributed by atoms with Crippen molar-refractivity contribution in [2.75, 3.05) is 26.7 Å². The van der Waals surface area contributed by atoms with Crippen LogP contribution in [0.2, 0.25) is 0 Å². The van der Waals surface area contributed by atoms with E-state index in [1.807, 2.05) is 31.9 Å². The zero-order chi connectivity index (χ0) is 15.2. The van der Waals surface area contributed by atoms with Gasteiger partial charge < -0.3 is 10.6 Å². The molecule has 1 aromatic rings. The molecule has 1 aromatic carbocycles. The molecular weight excluding hydrogens is 274 g/mol. The lowest BCUT2D eigenvalue weighted by atomic mass is 10.1. The molecule has 0 radical (unpaired) electrons. The lowest BCUT2D eigenvalue weighted by Crippen LogP contribution is -2.33. The van der Waals surface area contributed by atoms with Crippen molar-refractivity contribution in [3.05, 3.63) is 29.3 Å². The van der Waals surface area contributed by atoms with Gasteiger partial charge in [-0.1, -0.05) is 19.9 Å². The molecule has 3 N–H and O–H groups in total. The summed E-state index contributed by atoms with van der Waals surface area (Å²) < 4.78 is 27.0. The van der Waals surface area contributed by atoms with E-state index in [9.17, 15) is 8.42 Å². The second-order valence-electron chi connectivity index (χ2n) is 4.78. The van der Waals surface area contributed by atoms with Gasteiger partial charge >= 0.3 is 0 Å². The number of nitrogens with zero attached hydrogens (tertiary/aromatic N) is 1. The van der Waals surface area contributed by atoms with E-state index in [2.05, 4.69) is 4.72 Å². The summed E-state index contributed by atoms with van der Waals surface area (Å²) in [7, 11) is -1.50. The lowest BCUT2D eigenvalue weighted by Gasteiger charge is -2.15. The van der Waals surface area contributed by atoms with E-state index in [1.54, 1.807) is 12.1 Å². The van der Waals surface area contributed by atoms with Crippen LogP contribution in [0.4, 0.5) is 0 Å². The van der Waals surface area contributed by atoms with Crippen molar-refractivity contribution in [3.8, 4) is 0 Å². The molecule has 0 aliphatic heterocycles. The van der Waals surface area contributed by atoms with E-state index in [0.717, 1.165) is 24.1 Å². The molecule has 5 nitrogen and oxygen atoms in total. The third kappa shape index (κ3) is 4.56. The number of likely N-dealkylation sites (N-methyl/N-ethyl adjacent to an activating group) is 1. The van der Waals surface area contributed by atoms with Crippen molar-refractivity contribution in [2.24, 2.45) is 5.73 Å². The Morgan fingerprint density at radius 2 is 1.95 bits per heavy atom. The number of hydrogen-bond donors (Lipinski definition) is 2. The highest BCUT2D eigenvalue weighted by atomic mass is 32.2. The summed E-state index contributed by atoms with van der Waals surface area (Å²) in [5, 5.41) is 0. The Morgan fingerprint density at radius 3 is 2.50 bits per heavy atom. The Balaban J connectivity index is 2.82. The van der Waals surface area contributed by atoms with E-state index >= 15 is 0 Å². The maximum atomic E-state index is 12.2. The van der Waals surface area contributed by atoms with Crippen LogP contribution >= 0.6 is 0 Å². The van der Waals surface area contributed by atoms with Crippen LogP contribution in [0.25, 0.3) is 0 Å². The highest BCUT2D eigenvalue weighted by molar-refractivity contribution is 7.89. The van der Waals surface area contributed by atoms with Crippen LogP contribution in [0.3, 0.4) is 0 Å². The van der Waals surface area contributed by atoms with Gasteiger partial charge in [0.1, 0.15) is 0 Å². The predicted molar refractivity (Wildman–Crippen MR) is 82.1 cm³/mol. The standard InChI is InChI=1S/C14H25N3O2S/c1-4-12-6-7-14(10-13(12)11-15)20(18,19)16-8-9-17(3)5-2/h6-7,10,16H,4-5,8-9,11,15H2,1-3H3. The monoisotopic (exact) mass is 299 g/mol. The molecule has 0 aliphatic carbocycles. The molecule has 0 aliphatic rings. The average Bonchev–Trinajstić information content (AvgIpc) is 2.45. The van der Waals surface area contributed by atoms with Gasteiger partial charge in [0.25, 0.3) is 0 Å². The van der Waals surface area contributed by atoms with E-state index < -0.39 is 10.0 Å². The van der Waals surface area contributed by atoms with Crippen LogP contribution in [0.5, 0.6) is 0 Å². The number of nitrogens with two attached hydrogens (primary N) is 1. The molecule has 0 atom stereocenters. The molecule has 114 valence electrons. The first-order chi connectivity index (χ1) is 9.44. The van der Waals surface area contributed by atoms with Gasteiger partial charge in [-0.3, -0.25) is 0 Å². The summed E-state index contributed by atoms with van der Waals surface area (Å²) in [4.78, 5) is 2.34. The summed E-state index contributed by atoms with van der Waals surface area (Å²) >= 11 is 0. The number of nitrogens with one attached hydrogen (secondary N) is 1. The normalized spacial score (nSPS) is 12.1. The maximum absolute atomic E-state index is 12.2. The summed E-state index contributed by atoms with van der Waals surface area (Å²) in [5.41, 5.74) is 7.66. The van der Waals surface area contributed by atoms with Gasteiger partial charge in [0.05, 0.1) is 4.90 Å². The number of aryl methyl sites for hydroxylation is 1. The van der Waals surface area contributed by atoms with Gasteiger partial charge in [-0.15, -0.1) is 0 Å². The van der Waals surface area contributed by atoms with Gasteiger partial charge in [0.15, 0.2) is 0 Å². The third-order valence-electron chi connectivity index (χ3n) is 3.41. The smallest absolute Gasteiger partial charge is 0.240 e. The minimum atomic E-state index is -3.45. The molecule has 0 heterocycles. The SMILES string of the molecule is CCc1ccc(S(=O)(=O)NCCN(C)CC)cc1CN. The Hall–Kier alpha value is -0.950. The Labute approximate surface area is 122 Å². The molecule has 6 heteroatoms. The van der Waals surface area contributed by atoms with Gasteiger partial charge in [-0.05, 0) is 43.3 Å². The van der Waals surface area contributed by atoms with Crippen molar-refractivity contribution in [2.45, 2.75) is 31.7 Å². The fraction of sp³-hybridized carbons (Fsp3) is 0.571. The first-order valence-electron chi connectivity index (χ1n) is 6.94. The molecule has 1 rings (SSSR count). The minimum absolute atomic E-state index is 0.286. The first-order valence-corrected chi connectivity index (χ1v) is 8.43. The van der Waals surface area contributed by atoms with Crippen molar-refractivity contribution in [1.82, 2.24) is 9.62 Å². The number of rotatable bonds is 8. The Morgan fingerprint density at radius 1 is 1.25 bits per heavy atom. The first kappa shape index (κ1) is 17.1. The quantitative estimate of drug-likeness (QED) is 0.749. The van der Waals surface area contributed by atoms with Crippen LogP contribution in [0.15, 0.2) is 23.1 Å². The third-order valence-corrected chi connectivity index (χ3v) is 4.87. The summed E-state index contributed by atoms with van der Waals surface area (Å²) in [6, 6.07) is 5.16. The summed E-state index contributed by atoms with van der Waals surface area (Å²) in [5.74, 6) is 0. The second-order valence-corrected chi connectivity index (χ2v) is 6.55. The zero-order valence-electron chi connectivity index (χ0n) is 12.5. The van der Waals surface area contributed by atoms with Gasteiger partial charge in [0, 0.05) is 19.6 Å². The molecule has 0 bridgehead atoms. The molecular formula is C14H25N3O2S. The molecule has 20 heavy (non-hydrogen) atoms. The van der Waals surface area contributed by atoms with Crippen molar-refractivity contribution >= 4 is 10.0 Å². The van der Waals surface area contributed by atoms with Crippen LogP contribution in [0.1, 0.15) is 25.0 Å². The number of benzene rings is 1. The van der Waals surface area contributed by atoms with E-state index in [0.29, 0.717) is 19.6 Å². The van der Waals surface area contributed by atoms with Crippen molar-refractivity contribution in [3.63, 3.8) is 0 Å². The van der Waals surface area contributed by atoms with Gasteiger partial charge in [0.2, 0.25) is 10.0 Å². The lowest BCUT2D eigenvalue weighted by molar-refractivity contribution is 0.358. The van der Waals surface area contributed by atoms with Gasteiger partial charge in [-0.25, -0.2) is 13.1 Å². The van der Waals surface area contributed by atoms with Crippen LogP contribution in [0, 0.1) is 0 Å². The zero-order valence-corrected chi connectivity index (χ0v) is 13.3. The Bertz CT molecular complexity index is 529. The molecule has 0 aromatic heterocycles. The van der Waals surface area contributed by atoms with E-state index in [-0.39, 0.29) is 4.90 Å². The fourth-order valence-electron chi connectivity index (χ4n) is 1.92. The van der Waals surface area contributed by atoms with Gasteiger partial charge in [-0.2, -0.15) is 0 Å². The Kier molecular flexibility index (Phi) is 6.61. The largest absolute Gasteiger partial charge is 0.326 e. The van der Waals surface area contributed by atoms with Crippen molar-refractivity contribution in [1.29, 1.82) is 0 Å². The molecule has 0 saturated heterocycles. The maximum Gasteiger partial charge on any atom is 0.240 e. The van der Waals surface area contributed by atoms with Crippen molar-refractivity contribution < 1.29 is 8.42 Å². The highest BCUT2D eigenvalue weighted by Gasteiger charge is 2.15. The predicted octanol–water partition coefficient (Wildman–Crippen LogP) is 0.938. The molecule has 0 saturated carbocycles. The minimum Gasteiger partial charge on any atom is -0.326 e. The molecule has 0 unspecified atom stereocenters.